The summed E-state index contributed by atoms with van der Waals surface area (Å²) in [5.74, 6) is 1.04. The van der Waals surface area contributed by atoms with Crippen molar-refractivity contribution in [3.63, 3.8) is 0 Å². The third kappa shape index (κ3) is 5.17. The summed E-state index contributed by atoms with van der Waals surface area (Å²) in [6.45, 7) is 2.48. The summed E-state index contributed by atoms with van der Waals surface area (Å²) in [5.41, 5.74) is 0.895. The van der Waals surface area contributed by atoms with E-state index in [0.717, 1.165) is 16.5 Å². The predicted octanol–water partition coefficient (Wildman–Crippen LogP) is 0.904. The largest absolute Gasteiger partial charge is 0.355 e. The minimum Gasteiger partial charge on any atom is -0.355 e. The van der Waals surface area contributed by atoms with Gasteiger partial charge < -0.3 is 5.32 Å². The summed E-state index contributed by atoms with van der Waals surface area (Å²) in [5, 5.41) is 14.4. The van der Waals surface area contributed by atoms with Crippen molar-refractivity contribution in [3.8, 4) is 0 Å². The summed E-state index contributed by atoms with van der Waals surface area (Å²) >= 11 is 2.86. The molecule has 0 atom stereocenters. The van der Waals surface area contributed by atoms with Gasteiger partial charge in [-0.3, -0.25) is 4.79 Å². The molecule has 0 fully saturated rings. The summed E-state index contributed by atoms with van der Waals surface area (Å²) in [6.07, 6.45) is 3.34. The Labute approximate surface area is 124 Å². The van der Waals surface area contributed by atoms with Gasteiger partial charge in [-0.15, -0.1) is 16.9 Å². The monoisotopic (exact) mass is 310 g/mol. The van der Waals surface area contributed by atoms with Gasteiger partial charge in [-0.25, -0.2) is 9.97 Å². The number of nitrogens with zero attached hydrogens (tertiary/aromatic N) is 4. The van der Waals surface area contributed by atoms with Gasteiger partial charge in [0.2, 0.25) is 5.91 Å². The standard InChI is InChI=1S/C11H14N6OS2/c1-8-2-3-13-11(15-8)20-7-9(18)12-4-5-19-10-6-14-17-16-10/h2-3,6H,4-5,7H2,1H3,(H,12,18)(H,14,16,17). The number of aryl methyl sites for hydroxylation is 1. The number of aromatic nitrogens is 5. The van der Waals surface area contributed by atoms with Gasteiger partial charge in [0.25, 0.3) is 0 Å². The highest BCUT2D eigenvalue weighted by Gasteiger charge is 2.05. The molecule has 0 aliphatic heterocycles. The number of carbonyl (C=O) groups excluding carboxylic acids is 1. The number of H-pyrrole nitrogens is 1. The lowest BCUT2D eigenvalue weighted by Gasteiger charge is -2.03. The van der Waals surface area contributed by atoms with Crippen LogP contribution in [0.4, 0.5) is 0 Å². The van der Waals surface area contributed by atoms with Crippen molar-refractivity contribution in [1.82, 2.24) is 30.7 Å². The summed E-state index contributed by atoms with van der Waals surface area (Å²) < 4.78 is 0. The van der Waals surface area contributed by atoms with E-state index >= 15 is 0 Å². The Balaban J connectivity index is 1.61. The molecule has 1 amide bonds. The van der Waals surface area contributed by atoms with Crippen molar-refractivity contribution in [1.29, 1.82) is 0 Å². The van der Waals surface area contributed by atoms with Crippen molar-refractivity contribution in [3.05, 3.63) is 24.2 Å². The maximum absolute atomic E-state index is 11.6. The molecule has 0 spiro atoms. The molecule has 0 radical (unpaired) electrons. The van der Waals surface area contributed by atoms with Gasteiger partial charge in [0.15, 0.2) is 5.16 Å². The zero-order valence-electron chi connectivity index (χ0n) is 10.9. The van der Waals surface area contributed by atoms with Crippen molar-refractivity contribution in [2.24, 2.45) is 0 Å². The molecule has 2 aromatic heterocycles. The van der Waals surface area contributed by atoms with Crippen molar-refractivity contribution in [2.45, 2.75) is 17.1 Å². The predicted molar refractivity (Wildman–Crippen MR) is 77.6 cm³/mol. The van der Waals surface area contributed by atoms with E-state index in [0.29, 0.717) is 17.5 Å². The molecule has 0 aromatic carbocycles. The quantitative estimate of drug-likeness (QED) is 0.445. The van der Waals surface area contributed by atoms with E-state index in [1.807, 2.05) is 13.0 Å². The Morgan fingerprint density at radius 2 is 2.35 bits per heavy atom. The van der Waals surface area contributed by atoms with Crippen LogP contribution in [0.25, 0.3) is 0 Å². The number of rotatable bonds is 7. The van der Waals surface area contributed by atoms with Crippen LogP contribution >= 0.6 is 23.5 Å². The normalized spacial score (nSPS) is 10.4. The van der Waals surface area contributed by atoms with Gasteiger partial charge in [-0.2, -0.15) is 10.3 Å². The van der Waals surface area contributed by atoms with Crippen molar-refractivity contribution < 1.29 is 4.79 Å². The molecular formula is C11H14N6OS2. The van der Waals surface area contributed by atoms with Crippen LogP contribution < -0.4 is 5.32 Å². The van der Waals surface area contributed by atoms with E-state index in [1.165, 1.54) is 23.5 Å². The fourth-order valence-electron chi connectivity index (χ4n) is 1.28. The summed E-state index contributed by atoms with van der Waals surface area (Å²) in [6, 6.07) is 1.82. The highest BCUT2D eigenvalue weighted by atomic mass is 32.2. The molecule has 2 N–H and O–H groups in total. The lowest BCUT2D eigenvalue weighted by molar-refractivity contribution is -0.118. The van der Waals surface area contributed by atoms with Crippen LogP contribution in [0.3, 0.4) is 0 Å². The molecule has 106 valence electrons. The molecule has 0 aliphatic carbocycles. The molecule has 0 unspecified atom stereocenters. The first kappa shape index (κ1) is 14.8. The maximum atomic E-state index is 11.6. The second-order valence-corrected chi connectivity index (χ2v) is 5.83. The topological polar surface area (TPSA) is 96.5 Å². The Morgan fingerprint density at radius 1 is 1.45 bits per heavy atom. The molecule has 2 heterocycles. The number of hydrogen-bond acceptors (Lipinski definition) is 7. The Kier molecular flexibility index (Phi) is 5.81. The third-order valence-electron chi connectivity index (χ3n) is 2.17. The zero-order valence-corrected chi connectivity index (χ0v) is 12.5. The van der Waals surface area contributed by atoms with Crippen molar-refractivity contribution in [2.75, 3.05) is 18.1 Å². The van der Waals surface area contributed by atoms with Gasteiger partial charge >= 0.3 is 0 Å². The number of carbonyl (C=O) groups is 1. The SMILES string of the molecule is Cc1ccnc(SCC(=O)NCCSc2cn[nH]n2)n1. The van der Waals surface area contributed by atoms with Crippen LogP contribution in [0.15, 0.2) is 28.6 Å². The van der Waals surface area contributed by atoms with Gasteiger partial charge in [0.05, 0.1) is 11.9 Å². The average Bonchev–Trinajstić information content (AvgIpc) is 2.95. The van der Waals surface area contributed by atoms with Crippen LogP contribution in [0.5, 0.6) is 0 Å². The lowest BCUT2D eigenvalue weighted by Crippen LogP contribution is -2.27. The van der Waals surface area contributed by atoms with E-state index in [-0.39, 0.29) is 5.91 Å². The molecule has 2 rings (SSSR count). The zero-order chi connectivity index (χ0) is 14.2. The van der Waals surface area contributed by atoms with E-state index in [2.05, 4.69) is 30.7 Å². The summed E-state index contributed by atoms with van der Waals surface area (Å²) in [7, 11) is 0. The molecule has 0 aliphatic rings. The molecule has 9 heteroatoms. The van der Waals surface area contributed by atoms with Crippen LogP contribution in [0, 0.1) is 6.92 Å². The summed E-state index contributed by atoms with van der Waals surface area (Å²) in [4.78, 5) is 19.9. The minimum atomic E-state index is -0.0270. The first-order valence-electron chi connectivity index (χ1n) is 5.92. The second-order valence-electron chi connectivity index (χ2n) is 3.78. The fraction of sp³-hybridized carbons (Fsp3) is 0.364. The molecule has 2 aromatic rings. The van der Waals surface area contributed by atoms with E-state index in [4.69, 9.17) is 0 Å². The Hall–Kier alpha value is -1.61. The smallest absolute Gasteiger partial charge is 0.230 e. The number of amides is 1. The molecule has 0 saturated carbocycles. The van der Waals surface area contributed by atoms with Gasteiger partial charge in [-0.05, 0) is 13.0 Å². The van der Waals surface area contributed by atoms with Crippen molar-refractivity contribution >= 4 is 29.4 Å². The number of thioether (sulfide) groups is 2. The highest BCUT2D eigenvalue weighted by molar-refractivity contribution is 7.99. The van der Waals surface area contributed by atoms with E-state index < -0.39 is 0 Å². The fourth-order valence-corrected chi connectivity index (χ4v) is 2.64. The van der Waals surface area contributed by atoms with Gasteiger partial charge in [0.1, 0.15) is 5.03 Å². The molecule has 0 bridgehead atoms. The average molecular weight is 310 g/mol. The van der Waals surface area contributed by atoms with Crippen LogP contribution in [0.2, 0.25) is 0 Å². The third-order valence-corrected chi connectivity index (χ3v) is 3.93. The Morgan fingerprint density at radius 3 is 3.10 bits per heavy atom. The molecular weight excluding hydrogens is 296 g/mol. The van der Waals surface area contributed by atoms with Crippen LogP contribution in [0.1, 0.15) is 5.69 Å². The van der Waals surface area contributed by atoms with Gasteiger partial charge in [-0.1, -0.05) is 11.8 Å². The first-order chi connectivity index (χ1) is 9.74. The maximum Gasteiger partial charge on any atom is 0.230 e. The number of nitrogens with one attached hydrogen (secondary N) is 2. The molecule has 20 heavy (non-hydrogen) atoms. The lowest BCUT2D eigenvalue weighted by atomic mass is 10.5. The number of aromatic amines is 1. The molecule has 7 nitrogen and oxygen atoms in total. The Bertz CT molecular complexity index is 548. The van der Waals surface area contributed by atoms with Crippen LogP contribution in [-0.4, -0.2) is 49.3 Å². The first-order valence-corrected chi connectivity index (χ1v) is 7.89. The highest BCUT2D eigenvalue weighted by Crippen LogP contribution is 2.12. The second kappa shape index (κ2) is 7.85. The molecule has 0 saturated heterocycles. The van der Waals surface area contributed by atoms with Crippen LogP contribution in [-0.2, 0) is 4.79 Å². The van der Waals surface area contributed by atoms with Gasteiger partial charge in [0, 0.05) is 24.2 Å². The minimum absolute atomic E-state index is 0.0270. The number of hydrogen-bond donors (Lipinski definition) is 2. The van der Waals surface area contributed by atoms with E-state index in [9.17, 15) is 4.79 Å². The van der Waals surface area contributed by atoms with E-state index in [1.54, 1.807) is 12.4 Å².